The average Bonchev–Trinajstić information content (AvgIpc) is 2.77. The molecule has 0 aromatic carbocycles. The fourth-order valence-corrected chi connectivity index (χ4v) is 7.25. The van der Waals surface area contributed by atoms with Crippen LogP contribution in [0.4, 0.5) is 0 Å². The highest BCUT2D eigenvalue weighted by Gasteiger charge is 2.61. The highest BCUT2D eigenvalue weighted by atomic mass is 16.3. The third kappa shape index (κ3) is 1.91. The van der Waals surface area contributed by atoms with E-state index in [1.165, 1.54) is 6.42 Å². The van der Waals surface area contributed by atoms with Gasteiger partial charge in [-0.2, -0.15) is 0 Å². The van der Waals surface area contributed by atoms with Gasteiger partial charge in [0.15, 0.2) is 0 Å². The van der Waals surface area contributed by atoms with E-state index >= 15 is 0 Å². The van der Waals surface area contributed by atoms with Gasteiger partial charge in [0.25, 0.3) is 0 Å². The number of aliphatic hydroxyl groups is 3. The Bertz CT molecular complexity index is 452. The van der Waals surface area contributed by atoms with Crippen LogP contribution in [0.25, 0.3) is 0 Å². The van der Waals surface area contributed by atoms with Crippen LogP contribution in [-0.2, 0) is 0 Å². The van der Waals surface area contributed by atoms with Crippen LogP contribution in [0.15, 0.2) is 0 Å². The summed E-state index contributed by atoms with van der Waals surface area (Å²) in [7, 11) is 0. The predicted octanol–water partition coefficient (Wildman–Crippen LogP) is 2.72. The summed E-state index contributed by atoms with van der Waals surface area (Å²) in [6.07, 6.45) is 7.42. The van der Waals surface area contributed by atoms with Gasteiger partial charge in [-0.1, -0.05) is 13.8 Å². The Morgan fingerprint density at radius 3 is 2.18 bits per heavy atom. The molecule has 0 aromatic rings. The molecule has 3 unspecified atom stereocenters. The van der Waals surface area contributed by atoms with Crippen LogP contribution in [0.1, 0.15) is 65.2 Å². The smallest absolute Gasteiger partial charge is 0.0596 e. The molecule has 0 aliphatic heterocycles. The van der Waals surface area contributed by atoms with E-state index in [9.17, 15) is 15.3 Å². The highest BCUT2D eigenvalue weighted by molar-refractivity contribution is 5.11. The maximum absolute atomic E-state index is 10.8. The molecule has 126 valence electrons. The number of hydrogen-bond acceptors (Lipinski definition) is 3. The van der Waals surface area contributed by atoms with Crippen molar-refractivity contribution < 1.29 is 15.3 Å². The molecule has 4 aliphatic carbocycles. The molecule has 3 N–H and O–H groups in total. The second-order valence-electron chi connectivity index (χ2n) is 9.36. The summed E-state index contributed by atoms with van der Waals surface area (Å²) in [5, 5.41) is 31.4. The number of fused-ring (bicyclic) bond motifs is 5. The molecule has 22 heavy (non-hydrogen) atoms. The van der Waals surface area contributed by atoms with Crippen molar-refractivity contribution in [1.82, 2.24) is 0 Å². The van der Waals surface area contributed by atoms with Gasteiger partial charge >= 0.3 is 0 Å². The van der Waals surface area contributed by atoms with Gasteiger partial charge in [-0.25, -0.2) is 0 Å². The first kappa shape index (κ1) is 15.4. The summed E-state index contributed by atoms with van der Waals surface area (Å²) >= 11 is 0. The van der Waals surface area contributed by atoms with Crippen molar-refractivity contribution >= 4 is 0 Å². The van der Waals surface area contributed by atoms with Gasteiger partial charge in [0.2, 0.25) is 0 Å². The first-order valence-corrected chi connectivity index (χ1v) is 9.40. The van der Waals surface area contributed by atoms with E-state index in [4.69, 9.17) is 0 Å². The Labute approximate surface area is 134 Å². The van der Waals surface area contributed by atoms with Gasteiger partial charge in [0.05, 0.1) is 18.3 Å². The number of aliphatic hydroxyl groups excluding tert-OH is 3. The van der Waals surface area contributed by atoms with Crippen LogP contribution >= 0.6 is 0 Å². The fourth-order valence-electron chi connectivity index (χ4n) is 7.25. The van der Waals surface area contributed by atoms with Crippen molar-refractivity contribution in [3.8, 4) is 0 Å². The average molecular weight is 308 g/mol. The standard InChI is InChI=1S/C19H32O3/c1-18-7-5-11(20)9-15(18)16(21)10-12-13-3-4-17(22)19(13,2)8-6-14(12)18/h11-17,20-22H,3-10H2,1-2H3/t11-,12?,13?,14?,15+,16-,17-,18+,19-/m0/s1. The minimum Gasteiger partial charge on any atom is -0.393 e. The Balaban J connectivity index is 1.66. The van der Waals surface area contributed by atoms with Crippen LogP contribution in [0.5, 0.6) is 0 Å². The molecule has 0 heterocycles. The first-order valence-electron chi connectivity index (χ1n) is 9.40. The quantitative estimate of drug-likeness (QED) is 0.645. The summed E-state index contributed by atoms with van der Waals surface area (Å²) in [4.78, 5) is 0. The van der Waals surface area contributed by atoms with E-state index in [2.05, 4.69) is 13.8 Å². The van der Waals surface area contributed by atoms with Crippen LogP contribution in [0, 0.1) is 34.5 Å². The molecule has 3 nitrogen and oxygen atoms in total. The summed E-state index contributed by atoms with van der Waals surface area (Å²) in [6, 6.07) is 0. The van der Waals surface area contributed by atoms with Gasteiger partial charge in [-0.05, 0) is 85.9 Å². The summed E-state index contributed by atoms with van der Waals surface area (Å²) in [5.41, 5.74) is 0.273. The maximum atomic E-state index is 10.8. The fraction of sp³-hybridized carbons (Fsp3) is 1.00. The highest BCUT2D eigenvalue weighted by Crippen LogP contribution is 2.66. The van der Waals surface area contributed by atoms with Gasteiger partial charge in [0, 0.05) is 0 Å². The third-order valence-electron chi connectivity index (χ3n) is 8.60. The Morgan fingerprint density at radius 2 is 1.41 bits per heavy atom. The normalized spacial score (nSPS) is 61.2. The molecule has 0 spiro atoms. The van der Waals surface area contributed by atoms with Gasteiger partial charge in [-0.15, -0.1) is 0 Å². The predicted molar refractivity (Wildman–Crippen MR) is 85.1 cm³/mol. The van der Waals surface area contributed by atoms with E-state index in [1.807, 2.05) is 0 Å². The molecule has 9 atom stereocenters. The van der Waals surface area contributed by atoms with Crippen molar-refractivity contribution in [2.75, 3.05) is 0 Å². The van der Waals surface area contributed by atoms with Crippen LogP contribution in [0.3, 0.4) is 0 Å². The van der Waals surface area contributed by atoms with Crippen molar-refractivity contribution in [2.45, 2.75) is 83.5 Å². The minimum atomic E-state index is -0.263. The SMILES string of the molecule is C[C@]12CCC3C(C[C@H](O)[C@H]4C[C@@H](O)CC[C@]34C)C1CC[C@@H]2O. The second kappa shape index (κ2) is 4.94. The van der Waals surface area contributed by atoms with E-state index in [1.54, 1.807) is 0 Å². The molecule has 4 aliphatic rings. The molecular weight excluding hydrogens is 276 g/mol. The summed E-state index contributed by atoms with van der Waals surface area (Å²) in [5.74, 6) is 2.10. The molecule has 0 bridgehead atoms. The summed E-state index contributed by atoms with van der Waals surface area (Å²) in [6.45, 7) is 4.68. The molecule has 4 fully saturated rings. The van der Waals surface area contributed by atoms with Crippen molar-refractivity contribution in [3.63, 3.8) is 0 Å². The van der Waals surface area contributed by atoms with Crippen molar-refractivity contribution in [3.05, 3.63) is 0 Å². The number of hydrogen-bond donors (Lipinski definition) is 3. The van der Waals surface area contributed by atoms with Gasteiger partial charge in [0.1, 0.15) is 0 Å². The summed E-state index contributed by atoms with van der Waals surface area (Å²) < 4.78 is 0. The van der Waals surface area contributed by atoms with E-state index < -0.39 is 0 Å². The lowest BCUT2D eigenvalue weighted by atomic mass is 9.44. The molecule has 4 rings (SSSR count). The van der Waals surface area contributed by atoms with E-state index in [0.29, 0.717) is 17.8 Å². The monoisotopic (exact) mass is 308 g/mol. The molecule has 0 aromatic heterocycles. The Morgan fingerprint density at radius 1 is 0.727 bits per heavy atom. The third-order valence-corrected chi connectivity index (χ3v) is 8.60. The largest absolute Gasteiger partial charge is 0.393 e. The zero-order valence-corrected chi connectivity index (χ0v) is 14.0. The zero-order chi connectivity index (χ0) is 15.7. The molecule has 3 heteroatoms. The lowest BCUT2D eigenvalue weighted by molar-refractivity contribution is -0.174. The Kier molecular flexibility index (Phi) is 3.46. The van der Waals surface area contributed by atoms with E-state index in [-0.39, 0.29) is 35.1 Å². The molecule has 0 saturated heterocycles. The number of rotatable bonds is 0. The van der Waals surface area contributed by atoms with E-state index in [0.717, 1.165) is 44.9 Å². The van der Waals surface area contributed by atoms with Crippen LogP contribution < -0.4 is 0 Å². The topological polar surface area (TPSA) is 60.7 Å². The van der Waals surface area contributed by atoms with Gasteiger partial charge in [-0.3, -0.25) is 0 Å². The minimum absolute atomic E-state index is 0.0816. The lowest BCUT2D eigenvalue weighted by Crippen LogP contribution is -2.58. The van der Waals surface area contributed by atoms with Crippen LogP contribution in [-0.4, -0.2) is 33.6 Å². The van der Waals surface area contributed by atoms with Gasteiger partial charge < -0.3 is 15.3 Å². The maximum Gasteiger partial charge on any atom is 0.0596 e. The molecule has 0 amide bonds. The van der Waals surface area contributed by atoms with Crippen molar-refractivity contribution in [1.29, 1.82) is 0 Å². The second-order valence-corrected chi connectivity index (χ2v) is 9.36. The molecule has 0 radical (unpaired) electrons. The first-order chi connectivity index (χ1) is 10.4. The van der Waals surface area contributed by atoms with Crippen LogP contribution in [0.2, 0.25) is 0 Å². The molecular formula is C19H32O3. The zero-order valence-electron chi connectivity index (χ0n) is 14.0. The Hall–Kier alpha value is -0.120. The van der Waals surface area contributed by atoms with Crippen molar-refractivity contribution in [2.24, 2.45) is 34.5 Å². The molecule has 4 saturated carbocycles. The lowest BCUT2D eigenvalue weighted by Gasteiger charge is -2.61.